The highest BCUT2D eigenvalue weighted by Crippen LogP contribution is 2.55. The van der Waals surface area contributed by atoms with Gasteiger partial charge in [0.15, 0.2) is 17.8 Å². The summed E-state index contributed by atoms with van der Waals surface area (Å²) in [5.41, 5.74) is 0.466. The monoisotopic (exact) mass is 581 g/mol. The minimum atomic E-state index is -4.86. The van der Waals surface area contributed by atoms with Crippen LogP contribution in [-0.2, 0) is 18.4 Å². The molecule has 1 unspecified atom stereocenters. The van der Waals surface area contributed by atoms with Crippen LogP contribution in [0.5, 0.6) is 0 Å². The van der Waals surface area contributed by atoms with Crippen molar-refractivity contribution in [3.63, 3.8) is 0 Å². The average Bonchev–Trinajstić information content (AvgIpc) is 3.32. The van der Waals surface area contributed by atoms with Crippen molar-refractivity contribution in [2.45, 2.75) is 37.5 Å². The van der Waals surface area contributed by atoms with Gasteiger partial charge in [0.05, 0.1) is 24.2 Å². The normalized spacial score (nSPS) is 24.8. The molecule has 37 heavy (non-hydrogen) atoms. The highest BCUT2D eigenvalue weighted by atomic mass is 35.5. The van der Waals surface area contributed by atoms with Crippen LogP contribution in [0.3, 0.4) is 0 Å². The number of rotatable bonds is 9. The maximum absolute atomic E-state index is 14.2. The summed E-state index contributed by atoms with van der Waals surface area (Å²) in [4.78, 5) is 35.7. The number of nitrogens with zero attached hydrogens (tertiary/aromatic N) is 4. The van der Waals surface area contributed by atoms with Gasteiger partial charge in [0.1, 0.15) is 29.9 Å². The molecule has 1 fully saturated rings. The summed E-state index contributed by atoms with van der Waals surface area (Å²) in [6.45, 7) is 0.951. The lowest BCUT2D eigenvalue weighted by atomic mass is 10.1. The first-order chi connectivity index (χ1) is 17.3. The molecule has 0 aliphatic carbocycles. The molecule has 0 saturated carbocycles. The van der Waals surface area contributed by atoms with Gasteiger partial charge in [0.25, 0.3) is 0 Å². The zero-order valence-electron chi connectivity index (χ0n) is 19.0. The number of aliphatic hydroxyl groups is 2. The summed E-state index contributed by atoms with van der Waals surface area (Å²) in [7, 11) is -9.57. The standard InChI is InChI=1S/C19H23ClFN5O9P2/c1-9(10-4-2-3-5-12(10)21)23-16-11-6-22-26(17(11)25-19(20)24-16)18-15(28)14(27)13(35-18)7-34-37(32,33)8-36(29,30)31/h2-6,9,13-15,18,27-28H,7-8H2,1H3,(H,32,33)(H,23,24,25)(H2,29,30,31)/t9-,13+,14+,15+,18+/m0/s1. The van der Waals surface area contributed by atoms with Crippen LogP contribution in [0.4, 0.5) is 10.2 Å². The Kier molecular flexibility index (Phi) is 8.03. The maximum atomic E-state index is 14.2. The van der Waals surface area contributed by atoms with Crippen LogP contribution >= 0.6 is 26.8 Å². The number of halogens is 2. The number of ether oxygens (including phenoxy) is 1. The van der Waals surface area contributed by atoms with Crippen LogP contribution in [0.15, 0.2) is 30.5 Å². The van der Waals surface area contributed by atoms with Crippen molar-refractivity contribution in [2.24, 2.45) is 0 Å². The van der Waals surface area contributed by atoms with Gasteiger partial charge in [0.2, 0.25) is 5.28 Å². The number of nitrogens with one attached hydrogen (secondary N) is 1. The third-order valence-corrected chi connectivity index (χ3v) is 9.16. The van der Waals surface area contributed by atoms with Gasteiger partial charge in [0, 0.05) is 5.56 Å². The molecule has 0 amide bonds. The number of aromatic nitrogens is 4. The molecule has 3 heterocycles. The summed E-state index contributed by atoms with van der Waals surface area (Å²) >= 11 is 6.09. The third-order valence-electron chi connectivity index (χ3n) is 5.53. The van der Waals surface area contributed by atoms with E-state index in [0.29, 0.717) is 10.9 Å². The second kappa shape index (κ2) is 10.6. The first-order valence-electron chi connectivity index (χ1n) is 10.7. The van der Waals surface area contributed by atoms with Crippen LogP contribution in [0.1, 0.15) is 24.8 Å². The van der Waals surface area contributed by atoms with Gasteiger partial charge in [-0.05, 0) is 24.6 Å². The Labute approximate surface area is 213 Å². The van der Waals surface area contributed by atoms with Crippen molar-refractivity contribution in [3.05, 3.63) is 47.1 Å². The van der Waals surface area contributed by atoms with Gasteiger partial charge in [-0.3, -0.25) is 9.13 Å². The first-order valence-corrected chi connectivity index (χ1v) is 14.6. The molecule has 0 bridgehead atoms. The molecule has 1 aliphatic rings. The predicted molar refractivity (Wildman–Crippen MR) is 127 cm³/mol. The Morgan fingerprint density at radius 3 is 2.59 bits per heavy atom. The van der Waals surface area contributed by atoms with Crippen LogP contribution in [0.2, 0.25) is 5.28 Å². The molecule has 18 heteroatoms. The van der Waals surface area contributed by atoms with Crippen molar-refractivity contribution in [2.75, 3.05) is 17.8 Å². The fourth-order valence-corrected chi connectivity index (χ4v) is 6.57. The second-order valence-corrected chi connectivity index (χ2v) is 12.7. The summed E-state index contributed by atoms with van der Waals surface area (Å²) in [5.74, 6) is -1.63. The van der Waals surface area contributed by atoms with Crippen LogP contribution in [0, 0.1) is 5.82 Å². The van der Waals surface area contributed by atoms with E-state index in [-0.39, 0.29) is 16.7 Å². The van der Waals surface area contributed by atoms with Crippen LogP contribution < -0.4 is 5.32 Å². The van der Waals surface area contributed by atoms with E-state index in [0.717, 1.165) is 4.68 Å². The largest absolute Gasteiger partial charge is 0.387 e. The minimum Gasteiger partial charge on any atom is -0.387 e. The Bertz CT molecular complexity index is 1390. The summed E-state index contributed by atoms with van der Waals surface area (Å²) < 4.78 is 48.5. The van der Waals surface area contributed by atoms with Crippen molar-refractivity contribution < 1.29 is 47.7 Å². The third kappa shape index (κ3) is 6.35. The van der Waals surface area contributed by atoms with Gasteiger partial charge in [-0.1, -0.05) is 18.2 Å². The lowest BCUT2D eigenvalue weighted by Crippen LogP contribution is -2.33. The molecule has 0 radical (unpaired) electrons. The van der Waals surface area contributed by atoms with Gasteiger partial charge >= 0.3 is 15.2 Å². The van der Waals surface area contributed by atoms with Crippen molar-refractivity contribution in [1.29, 1.82) is 0 Å². The zero-order valence-corrected chi connectivity index (χ0v) is 21.5. The summed E-state index contributed by atoms with van der Waals surface area (Å²) in [6.07, 6.45) is -4.57. The fourth-order valence-electron chi connectivity index (χ4n) is 3.84. The highest BCUT2D eigenvalue weighted by molar-refractivity contribution is 7.70. The fraction of sp³-hybridized carbons (Fsp3) is 0.421. The number of hydrogen-bond donors (Lipinski definition) is 6. The van der Waals surface area contributed by atoms with Gasteiger partial charge in [-0.15, -0.1) is 0 Å². The Balaban J connectivity index is 1.56. The van der Waals surface area contributed by atoms with E-state index in [1.54, 1.807) is 25.1 Å². The molecule has 1 aromatic carbocycles. The number of anilines is 1. The zero-order chi connectivity index (χ0) is 27.1. The highest BCUT2D eigenvalue weighted by Gasteiger charge is 2.46. The van der Waals surface area contributed by atoms with E-state index in [9.17, 15) is 28.6 Å². The molecule has 2 aromatic heterocycles. The van der Waals surface area contributed by atoms with E-state index in [2.05, 4.69) is 20.4 Å². The number of hydrogen-bond acceptors (Lipinski definition) is 10. The van der Waals surface area contributed by atoms with Crippen LogP contribution in [0.25, 0.3) is 11.0 Å². The molecular weight excluding hydrogens is 559 g/mol. The van der Waals surface area contributed by atoms with E-state index in [1.807, 2.05) is 0 Å². The molecule has 6 N–H and O–H groups in total. The molecule has 4 rings (SSSR count). The van der Waals surface area contributed by atoms with Crippen molar-refractivity contribution >= 4 is 43.6 Å². The SMILES string of the molecule is C[C@H](Nc1nc(Cl)nc2c1cnn2[C@@H]1O[C@H](COP(=O)(O)CP(=O)(O)O)[C@@H](O)[C@H]1O)c1ccccc1F. The predicted octanol–water partition coefficient (Wildman–Crippen LogP) is 1.75. The Morgan fingerprint density at radius 1 is 1.22 bits per heavy atom. The topological polar surface area (TPSA) is 209 Å². The smallest absolute Gasteiger partial charge is 0.340 e. The van der Waals surface area contributed by atoms with Crippen LogP contribution in [-0.4, -0.2) is 75.5 Å². The quantitative estimate of drug-likeness (QED) is 0.157. The summed E-state index contributed by atoms with van der Waals surface area (Å²) in [6, 6.07) is 5.64. The molecule has 14 nitrogen and oxygen atoms in total. The van der Waals surface area contributed by atoms with E-state index >= 15 is 0 Å². The lowest BCUT2D eigenvalue weighted by Gasteiger charge is -2.18. The maximum Gasteiger partial charge on any atom is 0.340 e. The van der Waals surface area contributed by atoms with E-state index in [4.69, 9.17) is 30.6 Å². The van der Waals surface area contributed by atoms with Crippen molar-refractivity contribution in [3.8, 4) is 0 Å². The Hall–Kier alpha value is -2.03. The minimum absolute atomic E-state index is 0.0929. The molecule has 202 valence electrons. The molecule has 1 aliphatic heterocycles. The number of aliphatic hydroxyl groups excluding tert-OH is 2. The molecule has 1 saturated heterocycles. The second-order valence-electron chi connectivity index (χ2n) is 8.34. The van der Waals surface area contributed by atoms with E-state index in [1.165, 1.54) is 12.3 Å². The van der Waals surface area contributed by atoms with Gasteiger partial charge < -0.3 is 39.5 Å². The molecule has 6 atom stereocenters. The number of fused-ring (bicyclic) bond motifs is 1. The van der Waals surface area contributed by atoms with Gasteiger partial charge in [-0.25, -0.2) is 9.07 Å². The van der Waals surface area contributed by atoms with Gasteiger partial charge in [-0.2, -0.15) is 15.1 Å². The molecular formula is C19H23ClFN5O9P2. The lowest BCUT2D eigenvalue weighted by molar-refractivity contribution is -0.0541. The Morgan fingerprint density at radius 2 is 1.92 bits per heavy atom. The summed E-state index contributed by atoms with van der Waals surface area (Å²) in [5, 5.41) is 28.3. The van der Waals surface area contributed by atoms with E-state index < -0.39 is 64.1 Å². The number of benzene rings is 1. The van der Waals surface area contributed by atoms with Crippen molar-refractivity contribution in [1.82, 2.24) is 19.7 Å². The molecule has 3 aromatic rings. The molecule has 0 spiro atoms. The average molecular weight is 582 g/mol. The first kappa shape index (κ1) is 28.0.